The van der Waals surface area contributed by atoms with Crippen LogP contribution in [0.5, 0.6) is 0 Å². The summed E-state index contributed by atoms with van der Waals surface area (Å²) in [5.74, 6) is 1.95. The second-order valence-corrected chi connectivity index (χ2v) is 13.5. The van der Waals surface area contributed by atoms with E-state index in [9.17, 15) is 0 Å². The van der Waals surface area contributed by atoms with Crippen LogP contribution < -0.4 is 10.6 Å². The molecule has 0 aromatic carbocycles. The number of nitrogens with zero attached hydrogens (tertiary/aromatic N) is 3. The van der Waals surface area contributed by atoms with Gasteiger partial charge >= 0.3 is 0 Å². The van der Waals surface area contributed by atoms with Gasteiger partial charge in [0.2, 0.25) is 0 Å². The van der Waals surface area contributed by atoms with E-state index < -0.39 is 0 Å². The van der Waals surface area contributed by atoms with E-state index in [-0.39, 0.29) is 0 Å². The van der Waals surface area contributed by atoms with Crippen LogP contribution >= 0.6 is 23.1 Å². The standard InChI is InChI=1S/C26H39N5S2/c1-26(2)12-9-21-22(17-26)33-25(28-21)30-24-16-20(32-19-10-13-31(3)14-11-19)15-23(29-24)27-18-7-5-4-6-8-18/h15-16,18-19H,4-14,17H2,1-3H3,(H2,27,28,29,30). The first-order valence-electron chi connectivity index (χ1n) is 12.8. The molecule has 5 rings (SSSR count). The van der Waals surface area contributed by atoms with Crippen molar-refractivity contribution < 1.29 is 0 Å². The van der Waals surface area contributed by atoms with Crippen LogP contribution in [0.2, 0.25) is 0 Å². The van der Waals surface area contributed by atoms with Crippen molar-refractivity contribution in [1.82, 2.24) is 14.9 Å². The molecule has 0 amide bonds. The summed E-state index contributed by atoms with van der Waals surface area (Å²) in [7, 11) is 2.23. The number of hydrogen-bond donors (Lipinski definition) is 2. The highest BCUT2D eigenvalue weighted by Gasteiger charge is 2.28. The zero-order chi connectivity index (χ0) is 22.8. The molecule has 7 heteroatoms. The van der Waals surface area contributed by atoms with Crippen molar-refractivity contribution in [3.63, 3.8) is 0 Å². The highest BCUT2D eigenvalue weighted by Crippen LogP contribution is 2.40. The normalized spacial score (nSPS) is 22.2. The van der Waals surface area contributed by atoms with Crippen LogP contribution in [0.4, 0.5) is 16.8 Å². The maximum absolute atomic E-state index is 4.99. The summed E-state index contributed by atoms with van der Waals surface area (Å²) >= 11 is 3.85. The van der Waals surface area contributed by atoms with Crippen LogP contribution in [-0.4, -0.2) is 46.3 Å². The fourth-order valence-electron chi connectivity index (χ4n) is 5.32. The Morgan fingerprint density at radius 1 is 1.03 bits per heavy atom. The maximum atomic E-state index is 4.99. The van der Waals surface area contributed by atoms with E-state index in [0.29, 0.717) is 16.7 Å². The van der Waals surface area contributed by atoms with Gasteiger partial charge in [0.05, 0.1) is 5.69 Å². The van der Waals surface area contributed by atoms with Crippen molar-refractivity contribution in [1.29, 1.82) is 0 Å². The fraction of sp³-hybridized carbons (Fsp3) is 0.692. The molecule has 180 valence electrons. The molecule has 1 saturated heterocycles. The summed E-state index contributed by atoms with van der Waals surface area (Å²) in [5.41, 5.74) is 1.68. The Hall–Kier alpha value is -1.31. The topological polar surface area (TPSA) is 53.1 Å². The third-order valence-electron chi connectivity index (χ3n) is 7.42. The molecule has 3 aliphatic rings. The number of aryl methyl sites for hydroxylation is 1. The van der Waals surface area contributed by atoms with Gasteiger partial charge in [-0.15, -0.1) is 23.1 Å². The molecular weight excluding hydrogens is 446 g/mol. The van der Waals surface area contributed by atoms with Gasteiger partial charge in [-0.3, -0.25) is 0 Å². The van der Waals surface area contributed by atoms with Crippen molar-refractivity contribution in [2.24, 2.45) is 5.41 Å². The summed E-state index contributed by atoms with van der Waals surface area (Å²) in [5, 5.41) is 9.03. The van der Waals surface area contributed by atoms with Gasteiger partial charge in [-0.25, -0.2) is 9.97 Å². The lowest BCUT2D eigenvalue weighted by Crippen LogP contribution is -2.31. The minimum atomic E-state index is 0.386. The summed E-state index contributed by atoms with van der Waals surface area (Å²) in [6.07, 6.45) is 12.5. The molecule has 2 aromatic rings. The first-order chi connectivity index (χ1) is 15.9. The number of thioether (sulfide) groups is 1. The molecule has 2 aliphatic carbocycles. The van der Waals surface area contributed by atoms with E-state index in [1.165, 1.54) is 79.9 Å². The number of piperidine rings is 1. The predicted molar refractivity (Wildman–Crippen MR) is 142 cm³/mol. The second kappa shape index (κ2) is 10.1. The number of nitrogens with one attached hydrogen (secondary N) is 2. The van der Waals surface area contributed by atoms with Gasteiger partial charge in [-0.1, -0.05) is 33.1 Å². The molecule has 2 N–H and O–H groups in total. The van der Waals surface area contributed by atoms with Gasteiger partial charge in [0.15, 0.2) is 5.13 Å². The summed E-state index contributed by atoms with van der Waals surface area (Å²) in [6, 6.07) is 5.06. The Bertz CT molecular complexity index is 942. The van der Waals surface area contributed by atoms with E-state index in [4.69, 9.17) is 9.97 Å². The highest BCUT2D eigenvalue weighted by atomic mass is 32.2. The van der Waals surface area contributed by atoms with Crippen LogP contribution in [0.1, 0.15) is 75.8 Å². The minimum absolute atomic E-state index is 0.386. The number of rotatable bonds is 6. The monoisotopic (exact) mass is 485 g/mol. The minimum Gasteiger partial charge on any atom is -0.367 e. The zero-order valence-corrected chi connectivity index (χ0v) is 22.1. The molecule has 0 unspecified atom stereocenters. The highest BCUT2D eigenvalue weighted by molar-refractivity contribution is 8.00. The van der Waals surface area contributed by atoms with Crippen LogP contribution in [0.15, 0.2) is 17.0 Å². The van der Waals surface area contributed by atoms with Crippen LogP contribution in [-0.2, 0) is 12.8 Å². The number of hydrogen-bond acceptors (Lipinski definition) is 7. The lowest BCUT2D eigenvalue weighted by molar-refractivity contribution is 0.282. The number of pyridine rings is 1. The van der Waals surface area contributed by atoms with E-state index in [2.05, 4.69) is 48.6 Å². The maximum Gasteiger partial charge on any atom is 0.188 e. The molecule has 33 heavy (non-hydrogen) atoms. The Morgan fingerprint density at radius 3 is 2.58 bits per heavy atom. The Labute approximate surface area is 207 Å². The summed E-state index contributed by atoms with van der Waals surface area (Å²) in [4.78, 5) is 15.1. The number of fused-ring (bicyclic) bond motifs is 1. The zero-order valence-electron chi connectivity index (χ0n) is 20.5. The molecule has 1 aliphatic heterocycles. The van der Waals surface area contributed by atoms with Crippen molar-refractivity contribution in [3.8, 4) is 0 Å². The van der Waals surface area contributed by atoms with E-state index in [1.807, 2.05) is 23.1 Å². The summed E-state index contributed by atoms with van der Waals surface area (Å²) in [6.45, 7) is 7.14. The average molecular weight is 486 g/mol. The van der Waals surface area contributed by atoms with E-state index in [0.717, 1.165) is 29.6 Å². The quantitative estimate of drug-likeness (QED) is 0.473. The third kappa shape index (κ3) is 6.23. The van der Waals surface area contributed by atoms with Gasteiger partial charge in [0, 0.05) is 21.1 Å². The number of aromatic nitrogens is 2. The molecule has 0 atom stereocenters. The number of thiazole rings is 1. The van der Waals surface area contributed by atoms with Crippen LogP contribution in [0, 0.1) is 5.41 Å². The smallest absolute Gasteiger partial charge is 0.188 e. The molecule has 5 nitrogen and oxygen atoms in total. The first-order valence-corrected chi connectivity index (χ1v) is 14.5. The van der Waals surface area contributed by atoms with Crippen LogP contribution in [0.3, 0.4) is 0 Å². The third-order valence-corrected chi connectivity index (χ3v) is 9.74. The summed E-state index contributed by atoms with van der Waals surface area (Å²) < 4.78 is 0. The molecule has 0 bridgehead atoms. The largest absolute Gasteiger partial charge is 0.367 e. The van der Waals surface area contributed by atoms with E-state index in [1.54, 1.807) is 0 Å². The fourth-order valence-corrected chi connectivity index (χ4v) is 7.79. The van der Waals surface area contributed by atoms with Crippen molar-refractivity contribution >= 4 is 39.9 Å². The molecule has 1 saturated carbocycles. The van der Waals surface area contributed by atoms with Gasteiger partial charge < -0.3 is 15.5 Å². The molecule has 2 aromatic heterocycles. The van der Waals surface area contributed by atoms with Crippen molar-refractivity contribution in [3.05, 3.63) is 22.7 Å². The molecule has 3 heterocycles. The number of likely N-dealkylation sites (tertiary alicyclic amines) is 1. The Morgan fingerprint density at radius 2 is 1.79 bits per heavy atom. The van der Waals surface area contributed by atoms with Gasteiger partial charge in [-0.2, -0.15) is 0 Å². The first kappa shape index (κ1) is 23.4. The predicted octanol–water partition coefficient (Wildman–Crippen LogP) is 6.73. The van der Waals surface area contributed by atoms with Gasteiger partial charge in [-0.05, 0) is 82.6 Å². The molecule has 2 fully saturated rings. The molecule has 0 spiro atoms. The van der Waals surface area contributed by atoms with Gasteiger partial charge in [0.1, 0.15) is 11.6 Å². The van der Waals surface area contributed by atoms with Crippen molar-refractivity contribution in [2.45, 2.75) is 94.2 Å². The number of anilines is 3. The Kier molecular flexibility index (Phi) is 7.19. The molecular formula is C26H39N5S2. The van der Waals surface area contributed by atoms with Gasteiger partial charge in [0.25, 0.3) is 0 Å². The van der Waals surface area contributed by atoms with Crippen LogP contribution in [0.25, 0.3) is 0 Å². The van der Waals surface area contributed by atoms with Crippen molar-refractivity contribution in [2.75, 3.05) is 30.8 Å². The Balaban J connectivity index is 1.34. The lowest BCUT2D eigenvalue weighted by atomic mass is 9.79. The average Bonchev–Trinajstić information content (AvgIpc) is 3.16. The molecule has 0 radical (unpaired) electrons. The van der Waals surface area contributed by atoms with E-state index >= 15 is 0 Å². The lowest BCUT2D eigenvalue weighted by Gasteiger charge is -2.28. The second-order valence-electron chi connectivity index (χ2n) is 11.0. The SMILES string of the molecule is CN1CCC(Sc2cc(Nc3nc4c(s3)CC(C)(C)CC4)nc(NC3CCCCC3)c2)CC1.